The molecule has 5 rings (SSSR count). The Hall–Kier alpha value is -3.48. The quantitative estimate of drug-likeness (QED) is 0.490. The highest BCUT2D eigenvalue weighted by Gasteiger charge is 2.20. The van der Waals surface area contributed by atoms with Gasteiger partial charge in [0, 0.05) is 28.6 Å². The fourth-order valence-corrected chi connectivity index (χ4v) is 4.55. The molecule has 2 heterocycles. The summed E-state index contributed by atoms with van der Waals surface area (Å²) in [6, 6.07) is 12.1. The Morgan fingerprint density at radius 3 is 2.66 bits per heavy atom. The van der Waals surface area contributed by atoms with Crippen LogP contribution in [0.5, 0.6) is 5.75 Å². The molecule has 32 heavy (non-hydrogen) atoms. The lowest BCUT2D eigenvalue weighted by Crippen LogP contribution is -2.38. The number of rotatable bonds is 5. The third-order valence-electron chi connectivity index (χ3n) is 6.16. The first-order chi connectivity index (χ1) is 15.6. The van der Waals surface area contributed by atoms with Gasteiger partial charge >= 0.3 is 0 Å². The zero-order valence-corrected chi connectivity index (χ0v) is 18.0. The van der Waals surface area contributed by atoms with Gasteiger partial charge in [0.15, 0.2) is 0 Å². The summed E-state index contributed by atoms with van der Waals surface area (Å²) >= 11 is 0. The molecule has 0 radical (unpaired) electrons. The van der Waals surface area contributed by atoms with Gasteiger partial charge in [0.1, 0.15) is 23.8 Å². The average Bonchev–Trinajstić information content (AvgIpc) is 3.18. The standard InChI is InChI=1S/C25H25FN4O2/c1-32-19-11-12-22-20(13-19)25-21(14-27-22)24(16-7-9-17(26)10-8-16)29-30(25)15-23(31)28-18-5-3-2-4-6-18/h7-14,18H,2-6,15H2,1H3,(H,28,31). The molecule has 1 fully saturated rings. The van der Waals surface area contributed by atoms with Crippen LogP contribution in [0.4, 0.5) is 4.39 Å². The average molecular weight is 432 g/mol. The summed E-state index contributed by atoms with van der Waals surface area (Å²) in [4.78, 5) is 17.5. The van der Waals surface area contributed by atoms with Crippen molar-refractivity contribution in [3.63, 3.8) is 0 Å². The lowest BCUT2D eigenvalue weighted by Gasteiger charge is -2.22. The lowest BCUT2D eigenvalue weighted by molar-refractivity contribution is -0.122. The Bertz CT molecular complexity index is 1280. The predicted octanol–water partition coefficient (Wildman–Crippen LogP) is 4.85. The molecular formula is C25H25FN4O2. The number of halogens is 1. The highest BCUT2D eigenvalue weighted by atomic mass is 19.1. The van der Waals surface area contributed by atoms with Gasteiger partial charge in [-0.1, -0.05) is 19.3 Å². The van der Waals surface area contributed by atoms with E-state index in [0.717, 1.165) is 53.1 Å². The van der Waals surface area contributed by atoms with Crippen molar-refractivity contribution in [1.29, 1.82) is 0 Å². The van der Waals surface area contributed by atoms with E-state index in [1.165, 1.54) is 18.6 Å². The van der Waals surface area contributed by atoms with Gasteiger partial charge in [-0.05, 0) is 55.3 Å². The Kier molecular flexibility index (Phi) is 5.47. The van der Waals surface area contributed by atoms with E-state index in [2.05, 4.69) is 10.3 Å². The Morgan fingerprint density at radius 1 is 1.12 bits per heavy atom. The number of aromatic nitrogens is 3. The number of carbonyl (C=O) groups excluding carboxylic acids is 1. The Balaban J connectivity index is 1.61. The van der Waals surface area contributed by atoms with Crippen molar-refractivity contribution in [2.24, 2.45) is 0 Å². The number of nitrogens with zero attached hydrogens (tertiary/aromatic N) is 3. The van der Waals surface area contributed by atoms with E-state index in [-0.39, 0.29) is 24.3 Å². The van der Waals surface area contributed by atoms with Gasteiger partial charge in [0.05, 0.1) is 18.1 Å². The molecule has 0 aliphatic heterocycles. The molecular weight excluding hydrogens is 407 g/mol. The molecule has 164 valence electrons. The minimum absolute atomic E-state index is 0.0557. The molecule has 1 aliphatic carbocycles. The van der Waals surface area contributed by atoms with Crippen LogP contribution in [0.2, 0.25) is 0 Å². The van der Waals surface area contributed by atoms with Crippen LogP contribution in [0.15, 0.2) is 48.7 Å². The second-order valence-electron chi connectivity index (χ2n) is 8.32. The maximum Gasteiger partial charge on any atom is 0.241 e. The Labute approximate surface area is 185 Å². The van der Waals surface area contributed by atoms with E-state index in [9.17, 15) is 9.18 Å². The van der Waals surface area contributed by atoms with Crippen molar-refractivity contribution in [3.8, 4) is 17.0 Å². The highest BCUT2D eigenvalue weighted by Crippen LogP contribution is 2.33. The molecule has 1 aliphatic rings. The van der Waals surface area contributed by atoms with Gasteiger partial charge in [-0.3, -0.25) is 14.5 Å². The van der Waals surface area contributed by atoms with Crippen LogP contribution < -0.4 is 10.1 Å². The van der Waals surface area contributed by atoms with Gasteiger partial charge in [-0.2, -0.15) is 5.10 Å². The van der Waals surface area contributed by atoms with E-state index in [0.29, 0.717) is 11.4 Å². The van der Waals surface area contributed by atoms with E-state index in [4.69, 9.17) is 9.84 Å². The molecule has 2 aromatic heterocycles. The van der Waals surface area contributed by atoms with Crippen molar-refractivity contribution in [2.75, 3.05) is 7.11 Å². The molecule has 0 bridgehead atoms. The summed E-state index contributed by atoms with van der Waals surface area (Å²) < 4.78 is 20.7. The normalized spacial score (nSPS) is 14.7. The van der Waals surface area contributed by atoms with Crippen LogP contribution >= 0.6 is 0 Å². The van der Waals surface area contributed by atoms with E-state index in [1.807, 2.05) is 18.2 Å². The summed E-state index contributed by atoms with van der Waals surface area (Å²) in [7, 11) is 1.62. The van der Waals surface area contributed by atoms with Crippen molar-refractivity contribution in [3.05, 3.63) is 54.5 Å². The zero-order valence-electron chi connectivity index (χ0n) is 18.0. The van der Waals surface area contributed by atoms with E-state index < -0.39 is 0 Å². The highest BCUT2D eigenvalue weighted by molar-refractivity contribution is 6.08. The number of carbonyl (C=O) groups is 1. The molecule has 0 spiro atoms. The molecule has 1 amide bonds. The van der Waals surface area contributed by atoms with Crippen molar-refractivity contribution >= 4 is 27.7 Å². The summed E-state index contributed by atoms with van der Waals surface area (Å²) in [5, 5.41) is 9.61. The van der Waals surface area contributed by atoms with Crippen LogP contribution in [0.1, 0.15) is 32.1 Å². The molecule has 2 aromatic carbocycles. The third kappa shape index (κ3) is 3.90. The monoisotopic (exact) mass is 432 g/mol. The second kappa shape index (κ2) is 8.57. The summed E-state index contributed by atoms with van der Waals surface area (Å²) in [5.74, 6) is 0.340. The second-order valence-corrected chi connectivity index (χ2v) is 8.32. The SMILES string of the molecule is COc1ccc2ncc3c(-c4ccc(F)cc4)nn(CC(=O)NC4CCCCC4)c3c2c1. The number of benzene rings is 2. The lowest BCUT2D eigenvalue weighted by atomic mass is 9.95. The number of nitrogens with one attached hydrogen (secondary N) is 1. The van der Waals surface area contributed by atoms with E-state index in [1.54, 1.807) is 30.1 Å². The van der Waals surface area contributed by atoms with Gasteiger partial charge in [0.25, 0.3) is 0 Å². The van der Waals surface area contributed by atoms with Crippen molar-refractivity contribution in [2.45, 2.75) is 44.7 Å². The molecule has 4 aromatic rings. The number of pyridine rings is 1. The first-order valence-corrected chi connectivity index (χ1v) is 11.0. The first kappa shape index (κ1) is 20.4. The molecule has 0 unspecified atom stereocenters. The molecule has 0 atom stereocenters. The number of fused-ring (bicyclic) bond motifs is 3. The van der Waals surface area contributed by atoms with Crippen molar-refractivity contribution in [1.82, 2.24) is 20.1 Å². The number of amides is 1. The fraction of sp³-hybridized carbons (Fsp3) is 0.320. The van der Waals surface area contributed by atoms with Crippen LogP contribution in [0.25, 0.3) is 33.1 Å². The number of ether oxygens (including phenoxy) is 1. The van der Waals surface area contributed by atoms with E-state index >= 15 is 0 Å². The van der Waals surface area contributed by atoms with Crippen LogP contribution in [-0.4, -0.2) is 33.8 Å². The maximum absolute atomic E-state index is 13.5. The topological polar surface area (TPSA) is 69.0 Å². The molecule has 7 heteroatoms. The number of hydrogen-bond donors (Lipinski definition) is 1. The van der Waals surface area contributed by atoms with Gasteiger partial charge in [0.2, 0.25) is 5.91 Å². The first-order valence-electron chi connectivity index (χ1n) is 11.0. The van der Waals surface area contributed by atoms with Gasteiger partial charge in [-0.15, -0.1) is 0 Å². The summed E-state index contributed by atoms with van der Waals surface area (Å²) in [6.45, 7) is 0.102. The molecule has 6 nitrogen and oxygen atoms in total. The largest absolute Gasteiger partial charge is 0.497 e. The fourth-order valence-electron chi connectivity index (χ4n) is 4.55. The molecule has 1 N–H and O–H groups in total. The molecule has 1 saturated carbocycles. The minimum Gasteiger partial charge on any atom is -0.497 e. The van der Waals surface area contributed by atoms with Gasteiger partial charge in [-0.25, -0.2) is 4.39 Å². The molecule has 0 saturated heterocycles. The zero-order chi connectivity index (χ0) is 22.1. The number of methoxy groups -OCH3 is 1. The summed E-state index contributed by atoms with van der Waals surface area (Å²) in [6.07, 6.45) is 7.36. The van der Waals surface area contributed by atoms with Crippen LogP contribution in [0, 0.1) is 5.82 Å². The summed E-state index contributed by atoms with van der Waals surface area (Å²) in [5.41, 5.74) is 3.04. The number of hydrogen-bond acceptors (Lipinski definition) is 4. The predicted molar refractivity (Wildman–Crippen MR) is 122 cm³/mol. The van der Waals surface area contributed by atoms with Crippen molar-refractivity contribution < 1.29 is 13.9 Å². The maximum atomic E-state index is 13.5. The van der Waals surface area contributed by atoms with Crippen LogP contribution in [-0.2, 0) is 11.3 Å². The minimum atomic E-state index is -0.308. The van der Waals surface area contributed by atoms with Crippen LogP contribution in [0.3, 0.4) is 0 Å². The smallest absolute Gasteiger partial charge is 0.241 e. The van der Waals surface area contributed by atoms with Gasteiger partial charge < -0.3 is 10.1 Å². The third-order valence-corrected chi connectivity index (χ3v) is 6.16. The Morgan fingerprint density at radius 2 is 1.91 bits per heavy atom.